The molecule has 0 amide bonds. The summed E-state index contributed by atoms with van der Waals surface area (Å²) in [6.07, 6.45) is 1.86. The second-order valence-electron chi connectivity index (χ2n) is 4.78. The van der Waals surface area contributed by atoms with Crippen molar-refractivity contribution in [1.82, 2.24) is 4.90 Å². The van der Waals surface area contributed by atoms with Gasteiger partial charge in [-0.1, -0.05) is 6.92 Å². The van der Waals surface area contributed by atoms with E-state index in [0.717, 1.165) is 19.4 Å². The lowest BCUT2D eigenvalue weighted by atomic mass is 9.88. The van der Waals surface area contributed by atoms with Crippen LogP contribution in [0.3, 0.4) is 0 Å². The van der Waals surface area contributed by atoms with Crippen molar-refractivity contribution in [3.63, 3.8) is 0 Å². The SMILES string of the molecule is CCC(C)N1CCC(C(=O)O)C1(C)C. The Balaban J connectivity index is 2.80. The standard InChI is InChI=1S/C11H21NO2/c1-5-8(2)12-7-6-9(10(13)14)11(12,3)4/h8-9H,5-7H2,1-4H3,(H,13,14). The third-order valence-corrected chi connectivity index (χ3v) is 3.67. The molecule has 0 aliphatic carbocycles. The number of rotatable bonds is 3. The van der Waals surface area contributed by atoms with E-state index in [1.54, 1.807) is 0 Å². The molecule has 1 heterocycles. The Bertz CT molecular complexity index is 225. The lowest BCUT2D eigenvalue weighted by Gasteiger charge is -2.38. The van der Waals surface area contributed by atoms with Crippen LogP contribution in [0, 0.1) is 5.92 Å². The van der Waals surface area contributed by atoms with Gasteiger partial charge in [0.2, 0.25) is 0 Å². The molecule has 82 valence electrons. The molecule has 1 N–H and O–H groups in total. The molecule has 2 unspecified atom stereocenters. The van der Waals surface area contributed by atoms with E-state index in [4.69, 9.17) is 5.11 Å². The number of hydrogen-bond donors (Lipinski definition) is 1. The van der Waals surface area contributed by atoms with Crippen LogP contribution >= 0.6 is 0 Å². The van der Waals surface area contributed by atoms with E-state index in [1.165, 1.54) is 0 Å². The molecule has 0 aromatic rings. The number of carbonyl (C=O) groups is 1. The molecule has 3 nitrogen and oxygen atoms in total. The van der Waals surface area contributed by atoms with Crippen LogP contribution in [0.2, 0.25) is 0 Å². The predicted molar refractivity (Wildman–Crippen MR) is 56.3 cm³/mol. The van der Waals surface area contributed by atoms with Crippen molar-refractivity contribution in [2.75, 3.05) is 6.54 Å². The third-order valence-electron chi connectivity index (χ3n) is 3.67. The molecule has 1 fully saturated rings. The maximum absolute atomic E-state index is 11.0. The van der Waals surface area contributed by atoms with Gasteiger partial charge >= 0.3 is 5.97 Å². The molecule has 1 rings (SSSR count). The first-order chi connectivity index (χ1) is 6.41. The van der Waals surface area contributed by atoms with Crippen LogP contribution in [0.5, 0.6) is 0 Å². The summed E-state index contributed by atoms with van der Waals surface area (Å²) in [5.74, 6) is -0.864. The number of carboxylic acid groups (broad SMARTS) is 1. The van der Waals surface area contributed by atoms with Gasteiger partial charge in [-0.25, -0.2) is 0 Å². The zero-order chi connectivity index (χ0) is 10.9. The fraction of sp³-hybridized carbons (Fsp3) is 0.909. The van der Waals surface area contributed by atoms with Crippen molar-refractivity contribution in [3.8, 4) is 0 Å². The van der Waals surface area contributed by atoms with Gasteiger partial charge in [0.15, 0.2) is 0 Å². The van der Waals surface area contributed by atoms with Gasteiger partial charge in [-0.3, -0.25) is 9.69 Å². The van der Waals surface area contributed by atoms with Gasteiger partial charge in [-0.05, 0) is 40.2 Å². The van der Waals surface area contributed by atoms with E-state index in [-0.39, 0.29) is 11.5 Å². The maximum atomic E-state index is 11.0. The Kier molecular flexibility index (Phi) is 3.20. The highest BCUT2D eigenvalue weighted by atomic mass is 16.4. The van der Waals surface area contributed by atoms with E-state index < -0.39 is 5.97 Å². The summed E-state index contributed by atoms with van der Waals surface area (Å²) in [7, 11) is 0. The topological polar surface area (TPSA) is 40.5 Å². The van der Waals surface area contributed by atoms with E-state index >= 15 is 0 Å². The van der Waals surface area contributed by atoms with Crippen molar-refractivity contribution >= 4 is 5.97 Å². The molecule has 1 aliphatic heterocycles. The zero-order valence-electron chi connectivity index (χ0n) is 9.58. The van der Waals surface area contributed by atoms with Crippen LogP contribution in [0.1, 0.15) is 40.5 Å². The smallest absolute Gasteiger partial charge is 0.308 e. The highest BCUT2D eigenvalue weighted by Gasteiger charge is 2.46. The highest BCUT2D eigenvalue weighted by molar-refractivity contribution is 5.72. The molecule has 1 saturated heterocycles. The normalized spacial score (nSPS) is 29.0. The first-order valence-corrected chi connectivity index (χ1v) is 5.40. The molecule has 0 aromatic carbocycles. The predicted octanol–water partition coefficient (Wildman–Crippen LogP) is 1.97. The van der Waals surface area contributed by atoms with Crippen molar-refractivity contribution in [1.29, 1.82) is 0 Å². The fourth-order valence-corrected chi connectivity index (χ4v) is 2.54. The highest BCUT2D eigenvalue weighted by Crippen LogP contribution is 2.36. The van der Waals surface area contributed by atoms with E-state index in [0.29, 0.717) is 6.04 Å². The summed E-state index contributed by atoms with van der Waals surface area (Å²) < 4.78 is 0. The van der Waals surface area contributed by atoms with Gasteiger partial charge in [0, 0.05) is 11.6 Å². The van der Waals surface area contributed by atoms with Crippen LogP contribution in [0.25, 0.3) is 0 Å². The minimum Gasteiger partial charge on any atom is -0.481 e. The third kappa shape index (κ3) is 1.78. The molecule has 1 aliphatic rings. The Morgan fingerprint density at radius 1 is 1.64 bits per heavy atom. The summed E-state index contributed by atoms with van der Waals surface area (Å²) in [5, 5.41) is 9.09. The molecular formula is C11H21NO2. The summed E-state index contributed by atoms with van der Waals surface area (Å²) >= 11 is 0. The molecule has 0 aromatic heterocycles. The van der Waals surface area contributed by atoms with Crippen LogP contribution < -0.4 is 0 Å². The second kappa shape index (κ2) is 3.89. The quantitative estimate of drug-likeness (QED) is 0.755. The molecule has 0 saturated carbocycles. The van der Waals surface area contributed by atoms with Crippen LogP contribution in [-0.4, -0.2) is 34.1 Å². The lowest BCUT2D eigenvalue weighted by molar-refractivity contribution is -0.144. The zero-order valence-corrected chi connectivity index (χ0v) is 9.58. The summed E-state index contributed by atoms with van der Waals surface area (Å²) in [6.45, 7) is 9.33. The minimum absolute atomic E-state index is 0.193. The van der Waals surface area contributed by atoms with Crippen LogP contribution in [0.4, 0.5) is 0 Å². The Morgan fingerprint density at radius 3 is 2.57 bits per heavy atom. The van der Waals surface area contributed by atoms with E-state index in [9.17, 15) is 4.79 Å². The van der Waals surface area contributed by atoms with Gasteiger partial charge in [-0.2, -0.15) is 0 Å². The van der Waals surface area contributed by atoms with Gasteiger partial charge in [-0.15, -0.1) is 0 Å². The number of nitrogens with zero attached hydrogens (tertiary/aromatic N) is 1. The maximum Gasteiger partial charge on any atom is 0.308 e. The largest absolute Gasteiger partial charge is 0.481 e. The number of hydrogen-bond acceptors (Lipinski definition) is 2. The molecule has 14 heavy (non-hydrogen) atoms. The first-order valence-electron chi connectivity index (χ1n) is 5.40. The lowest BCUT2D eigenvalue weighted by Crippen LogP contribution is -2.48. The van der Waals surface area contributed by atoms with Gasteiger partial charge in [0.25, 0.3) is 0 Å². The summed E-state index contributed by atoms with van der Waals surface area (Å²) in [4.78, 5) is 13.4. The first kappa shape index (κ1) is 11.5. The van der Waals surface area contributed by atoms with Gasteiger partial charge in [0.05, 0.1) is 5.92 Å². The molecule has 0 radical (unpaired) electrons. The van der Waals surface area contributed by atoms with Crippen molar-refractivity contribution in [3.05, 3.63) is 0 Å². The molecule has 0 bridgehead atoms. The average Bonchev–Trinajstić information content (AvgIpc) is 2.39. The molecule has 0 spiro atoms. The average molecular weight is 199 g/mol. The van der Waals surface area contributed by atoms with Crippen LogP contribution in [0.15, 0.2) is 0 Å². The Morgan fingerprint density at radius 2 is 2.21 bits per heavy atom. The Hall–Kier alpha value is -0.570. The van der Waals surface area contributed by atoms with Gasteiger partial charge in [0.1, 0.15) is 0 Å². The van der Waals surface area contributed by atoms with Crippen molar-refractivity contribution < 1.29 is 9.90 Å². The number of likely N-dealkylation sites (tertiary alicyclic amines) is 1. The van der Waals surface area contributed by atoms with Crippen LogP contribution in [-0.2, 0) is 4.79 Å². The van der Waals surface area contributed by atoms with Crippen molar-refractivity contribution in [2.45, 2.75) is 52.1 Å². The minimum atomic E-state index is -0.652. The second-order valence-corrected chi connectivity index (χ2v) is 4.78. The summed E-state index contributed by atoms with van der Waals surface area (Å²) in [5.41, 5.74) is -0.193. The monoisotopic (exact) mass is 199 g/mol. The number of aliphatic carboxylic acids is 1. The van der Waals surface area contributed by atoms with Crippen molar-refractivity contribution in [2.24, 2.45) is 5.92 Å². The molecule has 2 atom stereocenters. The van der Waals surface area contributed by atoms with E-state index in [1.807, 2.05) is 13.8 Å². The Labute approximate surface area is 86.1 Å². The van der Waals surface area contributed by atoms with E-state index in [2.05, 4.69) is 18.7 Å². The fourth-order valence-electron chi connectivity index (χ4n) is 2.54. The van der Waals surface area contributed by atoms with Gasteiger partial charge < -0.3 is 5.11 Å². The molecular weight excluding hydrogens is 178 g/mol. The number of carboxylic acids is 1. The molecule has 3 heteroatoms. The summed E-state index contributed by atoms with van der Waals surface area (Å²) in [6, 6.07) is 0.481.